The molecule has 0 saturated heterocycles. The molecule has 0 aliphatic heterocycles. The Kier molecular flexibility index (Phi) is 11.0. The van der Waals surface area contributed by atoms with Gasteiger partial charge in [-0.15, -0.1) is 0 Å². The third-order valence-electron chi connectivity index (χ3n) is 3.08. The number of hydrogen-bond donors (Lipinski definition) is 1. The summed E-state index contributed by atoms with van der Waals surface area (Å²) in [5, 5.41) is 8.90. The van der Waals surface area contributed by atoms with E-state index in [2.05, 4.69) is 19.1 Å². The van der Waals surface area contributed by atoms with Crippen molar-refractivity contribution in [2.45, 2.75) is 51.6 Å². The zero-order chi connectivity index (χ0) is 17.7. The highest BCUT2D eigenvalue weighted by Gasteiger charge is 2.23. The van der Waals surface area contributed by atoms with Gasteiger partial charge in [-0.2, -0.15) is 0 Å². The van der Waals surface area contributed by atoms with E-state index in [9.17, 15) is 9.59 Å². The molecular weight excluding hydrogens is 294 g/mol. The van der Waals surface area contributed by atoms with Crippen LogP contribution in [0.4, 0.5) is 0 Å². The topological polar surface area (TPSA) is 63.6 Å². The Balaban J connectivity index is 4.17. The lowest BCUT2D eigenvalue weighted by Gasteiger charge is -2.28. The summed E-state index contributed by atoms with van der Waals surface area (Å²) in [4.78, 5) is 22.6. The van der Waals surface area contributed by atoms with E-state index in [0.29, 0.717) is 11.0 Å². The number of unbranched alkanes of at least 4 members (excludes halogenated alkanes) is 3. The van der Waals surface area contributed by atoms with E-state index < -0.39 is 18.0 Å². The summed E-state index contributed by atoms with van der Waals surface area (Å²) in [5.74, 6) is -1.43. The van der Waals surface area contributed by atoms with Crippen LogP contribution in [-0.4, -0.2) is 55.3 Å². The molecule has 23 heavy (non-hydrogen) atoms. The standard InChI is InChI=1S/C18H31NO4/c1-5-6-7-8-9-10-11-12-13-18(22)23-16(14-17(20)21)15-19(2,3)4/h8-9,12-13,16H,5-7,10-11,14-15H2,1-4H3/p+1/b9-8+,13-12+. The Morgan fingerprint density at radius 3 is 2.26 bits per heavy atom. The molecule has 0 bridgehead atoms. The van der Waals surface area contributed by atoms with E-state index in [-0.39, 0.29) is 6.42 Å². The van der Waals surface area contributed by atoms with Gasteiger partial charge in [0.25, 0.3) is 0 Å². The van der Waals surface area contributed by atoms with E-state index in [1.54, 1.807) is 6.08 Å². The maximum atomic E-state index is 11.8. The van der Waals surface area contributed by atoms with Crippen LogP contribution < -0.4 is 0 Å². The highest BCUT2D eigenvalue weighted by molar-refractivity contribution is 5.82. The molecule has 0 fully saturated rings. The predicted octanol–water partition coefficient (Wildman–Crippen LogP) is 3.16. The molecule has 0 heterocycles. The highest BCUT2D eigenvalue weighted by Crippen LogP contribution is 2.06. The van der Waals surface area contributed by atoms with Crippen molar-refractivity contribution in [3.05, 3.63) is 24.3 Å². The van der Waals surface area contributed by atoms with Crippen molar-refractivity contribution >= 4 is 11.9 Å². The fourth-order valence-electron chi connectivity index (χ4n) is 2.08. The van der Waals surface area contributed by atoms with Crippen molar-refractivity contribution in [1.82, 2.24) is 0 Å². The first-order chi connectivity index (χ1) is 10.7. The first-order valence-corrected chi connectivity index (χ1v) is 8.29. The number of esters is 1. The minimum atomic E-state index is -0.961. The lowest BCUT2D eigenvalue weighted by Crippen LogP contribution is -2.43. The van der Waals surface area contributed by atoms with E-state index in [4.69, 9.17) is 9.84 Å². The van der Waals surface area contributed by atoms with Crippen LogP contribution in [0, 0.1) is 0 Å². The molecule has 5 nitrogen and oxygen atoms in total. The number of ether oxygens (including phenoxy) is 1. The Morgan fingerprint density at radius 1 is 1.09 bits per heavy atom. The number of carboxylic acid groups (broad SMARTS) is 1. The fraction of sp³-hybridized carbons (Fsp3) is 0.667. The second kappa shape index (κ2) is 11.9. The van der Waals surface area contributed by atoms with Crippen LogP contribution in [0.5, 0.6) is 0 Å². The molecular formula is C18H32NO4+. The van der Waals surface area contributed by atoms with Gasteiger partial charge in [-0.1, -0.05) is 38.0 Å². The van der Waals surface area contributed by atoms with Gasteiger partial charge in [0.1, 0.15) is 6.54 Å². The summed E-state index contributed by atoms with van der Waals surface area (Å²) in [6.07, 6.45) is 11.8. The Labute approximate surface area is 140 Å². The number of likely N-dealkylation sites (N-methyl/N-ethyl adjacent to an activating group) is 1. The number of carbonyl (C=O) groups is 2. The molecule has 0 aliphatic carbocycles. The maximum Gasteiger partial charge on any atom is 0.330 e. The number of allylic oxidation sites excluding steroid dienone is 3. The molecule has 0 aromatic heterocycles. The number of hydrogen-bond acceptors (Lipinski definition) is 3. The van der Waals surface area contributed by atoms with Gasteiger partial charge in [-0.3, -0.25) is 4.79 Å². The summed E-state index contributed by atoms with van der Waals surface area (Å²) in [5.41, 5.74) is 0. The summed E-state index contributed by atoms with van der Waals surface area (Å²) in [6, 6.07) is 0. The van der Waals surface area contributed by atoms with Crippen molar-refractivity contribution in [3.63, 3.8) is 0 Å². The van der Waals surface area contributed by atoms with Gasteiger partial charge in [0.2, 0.25) is 0 Å². The third-order valence-corrected chi connectivity index (χ3v) is 3.08. The molecule has 1 atom stereocenters. The van der Waals surface area contributed by atoms with E-state index in [0.717, 1.165) is 19.3 Å². The van der Waals surface area contributed by atoms with E-state index in [1.807, 2.05) is 21.1 Å². The molecule has 5 heteroatoms. The van der Waals surface area contributed by atoms with E-state index >= 15 is 0 Å². The number of quaternary nitrogens is 1. The zero-order valence-electron chi connectivity index (χ0n) is 15.0. The molecule has 0 saturated carbocycles. The lowest BCUT2D eigenvalue weighted by molar-refractivity contribution is -0.873. The molecule has 0 aliphatic rings. The SMILES string of the molecule is CCCC/C=C/CC/C=C/C(=O)OC(CC(=O)O)C[N+](C)(C)C. The van der Waals surface area contributed by atoms with Gasteiger partial charge in [-0.25, -0.2) is 4.79 Å². The lowest BCUT2D eigenvalue weighted by atomic mass is 10.2. The van der Waals surface area contributed by atoms with Gasteiger partial charge in [0, 0.05) is 6.08 Å². The zero-order valence-corrected chi connectivity index (χ0v) is 15.0. The van der Waals surface area contributed by atoms with E-state index in [1.165, 1.54) is 18.9 Å². The van der Waals surface area contributed by atoms with Crippen molar-refractivity contribution in [1.29, 1.82) is 0 Å². The maximum absolute atomic E-state index is 11.8. The average Bonchev–Trinajstić information content (AvgIpc) is 2.39. The van der Waals surface area contributed by atoms with Crippen molar-refractivity contribution < 1.29 is 23.9 Å². The number of aliphatic carboxylic acids is 1. The molecule has 0 rings (SSSR count). The molecule has 1 N–H and O–H groups in total. The number of rotatable bonds is 12. The Hall–Kier alpha value is -1.62. The Bertz CT molecular complexity index is 408. The smallest absolute Gasteiger partial charge is 0.330 e. The largest absolute Gasteiger partial charge is 0.481 e. The van der Waals surface area contributed by atoms with Crippen LogP contribution >= 0.6 is 0 Å². The number of carbonyl (C=O) groups excluding carboxylic acids is 1. The average molecular weight is 326 g/mol. The third kappa shape index (κ3) is 15.1. The second-order valence-corrected chi connectivity index (χ2v) is 6.72. The van der Waals surface area contributed by atoms with Gasteiger partial charge in [0.05, 0.1) is 27.6 Å². The molecule has 132 valence electrons. The van der Waals surface area contributed by atoms with Crippen LogP contribution in [-0.2, 0) is 14.3 Å². The van der Waals surface area contributed by atoms with Gasteiger partial charge >= 0.3 is 11.9 Å². The minimum absolute atomic E-state index is 0.171. The first-order valence-electron chi connectivity index (χ1n) is 8.29. The number of nitrogens with zero attached hydrogens (tertiary/aromatic N) is 1. The second-order valence-electron chi connectivity index (χ2n) is 6.72. The van der Waals surface area contributed by atoms with Gasteiger partial charge in [0.15, 0.2) is 6.10 Å². The van der Waals surface area contributed by atoms with Crippen LogP contribution in [0.3, 0.4) is 0 Å². The van der Waals surface area contributed by atoms with Gasteiger partial charge in [-0.05, 0) is 19.3 Å². The summed E-state index contributed by atoms with van der Waals surface area (Å²) < 4.78 is 5.80. The first kappa shape index (κ1) is 21.4. The molecule has 0 aromatic rings. The van der Waals surface area contributed by atoms with Crippen LogP contribution in [0.25, 0.3) is 0 Å². The number of carboxylic acids is 1. The minimum Gasteiger partial charge on any atom is -0.481 e. The van der Waals surface area contributed by atoms with Crippen LogP contribution in [0.2, 0.25) is 0 Å². The van der Waals surface area contributed by atoms with Crippen LogP contribution in [0.1, 0.15) is 45.4 Å². The summed E-state index contributed by atoms with van der Waals surface area (Å²) >= 11 is 0. The molecule has 0 aromatic carbocycles. The summed E-state index contributed by atoms with van der Waals surface area (Å²) in [7, 11) is 5.80. The molecule has 0 radical (unpaired) electrons. The molecule has 0 spiro atoms. The van der Waals surface area contributed by atoms with Crippen LogP contribution in [0.15, 0.2) is 24.3 Å². The Morgan fingerprint density at radius 2 is 1.70 bits per heavy atom. The highest BCUT2D eigenvalue weighted by atomic mass is 16.5. The monoisotopic (exact) mass is 326 g/mol. The van der Waals surface area contributed by atoms with Crippen molar-refractivity contribution in [2.24, 2.45) is 0 Å². The fourth-order valence-corrected chi connectivity index (χ4v) is 2.08. The van der Waals surface area contributed by atoms with Crippen molar-refractivity contribution in [3.8, 4) is 0 Å². The normalized spacial score (nSPS) is 13.6. The summed E-state index contributed by atoms with van der Waals surface area (Å²) in [6.45, 7) is 2.63. The molecule has 1 unspecified atom stereocenters. The molecule has 0 amide bonds. The van der Waals surface area contributed by atoms with Gasteiger partial charge < -0.3 is 14.3 Å². The predicted molar refractivity (Wildman–Crippen MR) is 92.1 cm³/mol. The van der Waals surface area contributed by atoms with Crippen molar-refractivity contribution in [2.75, 3.05) is 27.7 Å². The quantitative estimate of drug-likeness (QED) is 0.197.